The monoisotopic (exact) mass is 298 g/mol. The zero-order chi connectivity index (χ0) is 14.0. The summed E-state index contributed by atoms with van der Waals surface area (Å²) >= 11 is 1.30. The van der Waals surface area contributed by atoms with Crippen molar-refractivity contribution in [3.63, 3.8) is 0 Å². The van der Waals surface area contributed by atoms with Crippen molar-refractivity contribution < 1.29 is 8.42 Å². The van der Waals surface area contributed by atoms with E-state index in [2.05, 4.69) is 14.7 Å². The number of nitrogen functional groups attached to an aromatic ring is 1. The van der Waals surface area contributed by atoms with E-state index in [1.807, 2.05) is 13.8 Å². The SMILES string of the molecule is CCc1nc(NS(=O)(=O)c2cccnc2N)sc1C. The van der Waals surface area contributed by atoms with Crippen LogP contribution in [0.2, 0.25) is 0 Å². The Bertz CT molecular complexity index is 694. The second kappa shape index (κ2) is 5.14. The van der Waals surface area contributed by atoms with Gasteiger partial charge in [-0.05, 0) is 25.5 Å². The van der Waals surface area contributed by atoms with Crippen molar-refractivity contribution >= 4 is 32.3 Å². The molecule has 0 spiro atoms. The van der Waals surface area contributed by atoms with Gasteiger partial charge in [0.2, 0.25) is 0 Å². The normalized spacial score (nSPS) is 11.5. The van der Waals surface area contributed by atoms with Crippen molar-refractivity contribution in [3.8, 4) is 0 Å². The molecule has 19 heavy (non-hydrogen) atoms. The van der Waals surface area contributed by atoms with Crippen molar-refractivity contribution in [2.75, 3.05) is 10.5 Å². The molecule has 2 aromatic rings. The average molecular weight is 298 g/mol. The Balaban J connectivity index is 2.34. The van der Waals surface area contributed by atoms with Gasteiger partial charge in [-0.1, -0.05) is 6.92 Å². The lowest BCUT2D eigenvalue weighted by Gasteiger charge is -2.06. The Morgan fingerprint density at radius 3 is 2.79 bits per heavy atom. The third-order valence-corrected chi connectivity index (χ3v) is 4.98. The number of nitrogens with one attached hydrogen (secondary N) is 1. The first-order valence-corrected chi connectivity index (χ1v) is 7.93. The van der Waals surface area contributed by atoms with Crippen LogP contribution >= 0.6 is 11.3 Å². The lowest BCUT2D eigenvalue weighted by Crippen LogP contribution is -2.15. The second-order valence-electron chi connectivity index (χ2n) is 3.87. The second-order valence-corrected chi connectivity index (χ2v) is 6.72. The van der Waals surface area contributed by atoms with Gasteiger partial charge in [-0.15, -0.1) is 11.3 Å². The van der Waals surface area contributed by atoms with E-state index in [1.54, 1.807) is 0 Å². The number of rotatable bonds is 4. The van der Waals surface area contributed by atoms with Gasteiger partial charge in [0, 0.05) is 11.1 Å². The number of hydrogen-bond acceptors (Lipinski definition) is 6. The van der Waals surface area contributed by atoms with E-state index in [1.165, 1.54) is 29.7 Å². The molecule has 6 nitrogen and oxygen atoms in total. The van der Waals surface area contributed by atoms with Crippen LogP contribution < -0.4 is 10.5 Å². The van der Waals surface area contributed by atoms with Gasteiger partial charge in [0.1, 0.15) is 10.7 Å². The minimum atomic E-state index is -3.75. The molecule has 0 saturated heterocycles. The van der Waals surface area contributed by atoms with Gasteiger partial charge in [-0.3, -0.25) is 4.72 Å². The molecule has 2 rings (SSSR count). The van der Waals surface area contributed by atoms with E-state index in [0.29, 0.717) is 5.13 Å². The maximum atomic E-state index is 12.2. The van der Waals surface area contributed by atoms with E-state index in [0.717, 1.165) is 17.0 Å². The molecule has 0 aliphatic heterocycles. The molecule has 0 unspecified atom stereocenters. The van der Waals surface area contributed by atoms with Crippen molar-refractivity contribution in [3.05, 3.63) is 28.9 Å². The summed E-state index contributed by atoms with van der Waals surface area (Å²) in [6.45, 7) is 3.88. The first-order chi connectivity index (χ1) is 8.94. The summed E-state index contributed by atoms with van der Waals surface area (Å²) < 4.78 is 26.8. The van der Waals surface area contributed by atoms with Crippen LogP contribution in [-0.4, -0.2) is 18.4 Å². The molecule has 0 aromatic carbocycles. The smallest absolute Gasteiger partial charge is 0.267 e. The summed E-state index contributed by atoms with van der Waals surface area (Å²) in [6, 6.07) is 2.93. The predicted molar refractivity (Wildman–Crippen MR) is 75.7 cm³/mol. The zero-order valence-corrected chi connectivity index (χ0v) is 12.2. The van der Waals surface area contributed by atoms with Crippen LogP contribution in [0.1, 0.15) is 17.5 Å². The fourth-order valence-corrected chi connectivity index (χ4v) is 3.82. The Labute approximate surface area is 115 Å². The molecule has 0 amide bonds. The highest BCUT2D eigenvalue weighted by Gasteiger charge is 2.20. The summed E-state index contributed by atoms with van der Waals surface area (Å²) in [4.78, 5) is 8.96. The van der Waals surface area contributed by atoms with Gasteiger partial charge in [0.25, 0.3) is 10.0 Å². The number of anilines is 2. The highest BCUT2D eigenvalue weighted by Crippen LogP contribution is 2.25. The number of nitrogens with zero attached hydrogens (tertiary/aromatic N) is 2. The minimum Gasteiger partial charge on any atom is -0.383 e. The van der Waals surface area contributed by atoms with Gasteiger partial charge in [0.05, 0.1) is 5.69 Å². The Kier molecular flexibility index (Phi) is 3.72. The Hall–Kier alpha value is -1.67. The number of sulfonamides is 1. The van der Waals surface area contributed by atoms with E-state index < -0.39 is 10.0 Å². The quantitative estimate of drug-likeness (QED) is 0.896. The standard InChI is InChI=1S/C11H14N4O2S2/c1-3-8-7(2)18-11(14-8)15-19(16,17)9-5-4-6-13-10(9)12/h4-6H,3H2,1-2H3,(H2,12,13)(H,14,15). The fraction of sp³-hybridized carbons (Fsp3) is 0.273. The highest BCUT2D eigenvalue weighted by molar-refractivity contribution is 7.93. The van der Waals surface area contributed by atoms with Gasteiger partial charge < -0.3 is 5.73 Å². The molecule has 2 heterocycles. The zero-order valence-electron chi connectivity index (χ0n) is 10.5. The maximum Gasteiger partial charge on any atom is 0.267 e. The number of pyridine rings is 1. The number of aromatic nitrogens is 2. The first-order valence-electron chi connectivity index (χ1n) is 5.63. The lowest BCUT2D eigenvalue weighted by molar-refractivity contribution is 0.601. The summed E-state index contributed by atoms with van der Waals surface area (Å²) in [5.74, 6) is -0.0287. The Morgan fingerprint density at radius 2 is 2.21 bits per heavy atom. The van der Waals surface area contributed by atoms with Crippen LogP contribution in [0.5, 0.6) is 0 Å². The summed E-state index contributed by atoms with van der Waals surface area (Å²) in [7, 11) is -3.75. The van der Waals surface area contributed by atoms with E-state index in [4.69, 9.17) is 5.73 Å². The molecule has 0 saturated carbocycles. The third-order valence-electron chi connectivity index (χ3n) is 2.54. The van der Waals surface area contributed by atoms with Crippen LogP contribution in [0, 0.1) is 6.92 Å². The van der Waals surface area contributed by atoms with Crippen LogP contribution in [-0.2, 0) is 16.4 Å². The lowest BCUT2D eigenvalue weighted by atomic mass is 10.3. The van der Waals surface area contributed by atoms with Gasteiger partial charge in [0.15, 0.2) is 5.13 Å². The van der Waals surface area contributed by atoms with E-state index >= 15 is 0 Å². The number of aryl methyl sites for hydroxylation is 2. The first kappa shape index (κ1) is 13.8. The average Bonchev–Trinajstić information content (AvgIpc) is 2.68. The number of hydrogen-bond donors (Lipinski definition) is 2. The largest absolute Gasteiger partial charge is 0.383 e. The minimum absolute atomic E-state index is 0.0287. The van der Waals surface area contributed by atoms with Gasteiger partial charge in [-0.25, -0.2) is 18.4 Å². The number of nitrogens with two attached hydrogens (primary N) is 1. The van der Waals surface area contributed by atoms with Crippen molar-refractivity contribution in [1.82, 2.24) is 9.97 Å². The molecule has 8 heteroatoms. The molecular weight excluding hydrogens is 284 g/mol. The predicted octanol–water partition coefficient (Wildman–Crippen LogP) is 1.79. The molecule has 102 valence electrons. The summed E-state index contributed by atoms with van der Waals surface area (Å²) in [5.41, 5.74) is 6.46. The van der Waals surface area contributed by atoms with Crippen LogP contribution in [0.4, 0.5) is 10.9 Å². The van der Waals surface area contributed by atoms with Crippen LogP contribution in [0.15, 0.2) is 23.2 Å². The molecule has 3 N–H and O–H groups in total. The summed E-state index contributed by atoms with van der Waals surface area (Å²) in [6.07, 6.45) is 2.20. The Morgan fingerprint density at radius 1 is 1.47 bits per heavy atom. The summed E-state index contributed by atoms with van der Waals surface area (Å²) in [5, 5.41) is 0.345. The molecule has 0 radical (unpaired) electrons. The highest BCUT2D eigenvalue weighted by atomic mass is 32.2. The topological polar surface area (TPSA) is 98.0 Å². The third kappa shape index (κ3) is 2.85. The molecule has 0 aliphatic carbocycles. The maximum absolute atomic E-state index is 12.2. The molecule has 0 fully saturated rings. The van der Waals surface area contributed by atoms with Crippen LogP contribution in [0.3, 0.4) is 0 Å². The molecular formula is C11H14N4O2S2. The van der Waals surface area contributed by atoms with Gasteiger partial charge in [-0.2, -0.15) is 0 Å². The molecule has 0 bridgehead atoms. The molecule has 2 aromatic heterocycles. The van der Waals surface area contributed by atoms with Crippen LogP contribution in [0.25, 0.3) is 0 Å². The van der Waals surface area contributed by atoms with E-state index in [-0.39, 0.29) is 10.7 Å². The van der Waals surface area contributed by atoms with Crippen molar-refractivity contribution in [2.45, 2.75) is 25.2 Å². The van der Waals surface area contributed by atoms with E-state index in [9.17, 15) is 8.42 Å². The fourth-order valence-electron chi connectivity index (χ4n) is 1.60. The van der Waals surface area contributed by atoms with Crippen molar-refractivity contribution in [1.29, 1.82) is 0 Å². The molecule has 0 atom stereocenters. The number of thiazole rings is 1. The van der Waals surface area contributed by atoms with Crippen molar-refractivity contribution in [2.24, 2.45) is 0 Å². The van der Waals surface area contributed by atoms with Gasteiger partial charge >= 0.3 is 0 Å². The molecule has 0 aliphatic rings.